The molecule has 4 rings (SSSR count). The summed E-state index contributed by atoms with van der Waals surface area (Å²) in [6.45, 7) is 0. The first-order valence-electron chi connectivity index (χ1n) is 8.27. The van der Waals surface area contributed by atoms with Gasteiger partial charge in [-0.25, -0.2) is 13.8 Å². The second-order valence-electron chi connectivity index (χ2n) is 5.92. The van der Waals surface area contributed by atoms with Crippen LogP contribution in [0, 0.1) is 11.6 Å². The molecule has 1 aromatic heterocycles. The van der Waals surface area contributed by atoms with Crippen LogP contribution in [0.5, 0.6) is 0 Å². The van der Waals surface area contributed by atoms with Gasteiger partial charge in [-0.3, -0.25) is 9.36 Å². The van der Waals surface area contributed by atoms with Crippen LogP contribution in [0.4, 0.5) is 8.78 Å². The van der Waals surface area contributed by atoms with Crippen molar-refractivity contribution in [3.8, 4) is 5.69 Å². The van der Waals surface area contributed by atoms with Crippen LogP contribution in [0.15, 0.2) is 82.7 Å². The van der Waals surface area contributed by atoms with Crippen molar-refractivity contribution >= 4 is 22.7 Å². The third-order valence-corrected chi connectivity index (χ3v) is 5.13. The fraction of sp³-hybridized carbons (Fsp3) is 0.0476. The maximum atomic E-state index is 14.4. The summed E-state index contributed by atoms with van der Waals surface area (Å²) >= 11 is 1.30. The van der Waals surface area contributed by atoms with Crippen molar-refractivity contribution in [2.45, 2.75) is 10.9 Å². The molecule has 3 aromatic carbocycles. The van der Waals surface area contributed by atoms with E-state index in [2.05, 4.69) is 4.98 Å². The zero-order valence-corrected chi connectivity index (χ0v) is 14.9. The van der Waals surface area contributed by atoms with Gasteiger partial charge in [0.2, 0.25) is 0 Å². The van der Waals surface area contributed by atoms with E-state index >= 15 is 0 Å². The van der Waals surface area contributed by atoms with Crippen molar-refractivity contribution in [1.29, 1.82) is 0 Å². The van der Waals surface area contributed by atoms with E-state index in [-0.39, 0.29) is 17.1 Å². The second kappa shape index (κ2) is 7.32. The molecular formula is C21H14F2N2OS. The van der Waals surface area contributed by atoms with E-state index in [0.717, 1.165) is 5.56 Å². The lowest BCUT2D eigenvalue weighted by Gasteiger charge is -2.13. The number of rotatable bonds is 4. The van der Waals surface area contributed by atoms with Crippen molar-refractivity contribution in [1.82, 2.24) is 9.55 Å². The molecule has 0 aliphatic carbocycles. The average molecular weight is 380 g/mol. The van der Waals surface area contributed by atoms with Gasteiger partial charge in [0.25, 0.3) is 5.56 Å². The fourth-order valence-electron chi connectivity index (χ4n) is 2.78. The Balaban J connectivity index is 1.85. The van der Waals surface area contributed by atoms with Gasteiger partial charge in [0.05, 0.1) is 16.6 Å². The lowest BCUT2D eigenvalue weighted by molar-refractivity contribution is 0.608. The Bertz CT molecular complexity index is 1170. The van der Waals surface area contributed by atoms with E-state index in [4.69, 9.17) is 0 Å². The molecule has 0 radical (unpaired) electrons. The van der Waals surface area contributed by atoms with Gasteiger partial charge in [-0.05, 0) is 42.0 Å². The molecule has 134 valence electrons. The summed E-state index contributed by atoms with van der Waals surface area (Å²) in [4.78, 5) is 17.6. The Hall–Kier alpha value is -2.99. The fourth-order valence-corrected chi connectivity index (χ4v) is 3.74. The molecule has 0 bridgehead atoms. The topological polar surface area (TPSA) is 34.9 Å². The number of benzene rings is 3. The average Bonchev–Trinajstić information content (AvgIpc) is 2.69. The molecule has 1 heterocycles. The highest BCUT2D eigenvalue weighted by molar-refractivity contribution is 7.98. The monoisotopic (exact) mass is 380 g/mol. The summed E-state index contributed by atoms with van der Waals surface area (Å²) in [6.07, 6.45) is 0. The quantitative estimate of drug-likeness (QED) is 0.371. The zero-order valence-electron chi connectivity index (χ0n) is 14.1. The molecule has 0 amide bonds. The van der Waals surface area contributed by atoms with Crippen molar-refractivity contribution in [2.24, 2.45) is 0 Å². The molecule has 0 saturated carbocycles. The molecule has 0 saturated heterocycles. The van der Waals surface area contributed by atoms with Crippen LogP contribution in [-0.4, -0.2) is 9.55 Å². The Morgan fingerprint density at radius 2 is 1.59 bits per heavy atom. The minimum atomic E-state index is -0.500. The third-order valence-electron chi connectivity index (χ3n) is 4.12. The lowest BCUT2D eigenvalue weighted by atomic mass is 10.2. The molecular weight excluding hydrogens is 366 g/mol. The van der Waals surface area contributed by atoms with Crippen molar-refractivity contribution in [3.05, 3.63) is 100 Å². The van der Waals surface area contributed by atoms with Gasteiger partial charge in [-0.15, -0.1) is 0 Å². The molecule has 0 N–H and O–H groups in total. The minimum Gasteiger partial charge on any atom is -0.268 e. The first kappa shape index (κ1) is 17.4. The number of thioether (sulfide) groups is 1. The number of fused-ring (bicyclic) bond motifs is 1. The van der Waals surface area contributed by atoms with E-state index in [1.807, 2.05) is 0 Å². The zero-order chi connectivity index (χ0) is 18.8. The maximum Gasteiger partial charge on any atom is 0.266 e. The molecule has 0 atom stereocenters. The molecule has 4 aromatic rings. The molecule has 3 nitrogen and oxygen atoms in total. The van der Waals surface area contributed by atoms with Crippen LogP contribution in [0.2, 0.25) is 0 Å². The number of nitrogens with zero attached hydrogens (tertiary/aromatic N) is 2. The summed E-state index contributed by atoms with van der Waals surface area (Å²) in [7, 11) is 0. The molecule has 0 aliphatic heterocycles. The molecule has 0 spiro atoms. The van der Waals surface area contributed by atoms with Gasteiger partial charge < -0.3 is 0 Å². The van der Waals surface area contributed by atoms with Crippen molar-refractivity contribution in [2.75, 3.05) is 0 Å². The number of hydrogen-bond donors (Lipinski definition) is 0. The van der Waals surface area contributed by atoms with E-state index in [1.54, 1.807) is 54.6 Å². The molecule has 6 heteroatoms. The number of halogens is 2. The van der Waals surface area contributed by atoms with Gasteiger partial charge in [-0.2, -0.15) is 0 Å². The first-order valence-corrected chi connectivity index (χ1v) is 9.26. The molecule has 27 heavy (non-hydrogen) atoms. The normalized spacial score (nSPS) is 11.0. The van der Waals surface area contributed by atoms with Crippen LogP contribution >= 0.6 is 11.8 Å². The van der Waals surface area contributed by atoms with Crippen LogP contribution in [-0.2, 0) is 5.75 Å². The summed E-state index contributed by atoms with van der Waals surface area (Å²) in [5.41, 5.74) is 1.26. The van der Waals surface area contributed by atoms with Gasteiger partial charge in [0.1, 0.15) is 11.6 Å². The van der Waals surface area contributed by atoms with Crippen molar-refractivity contribution in [3.63, 3.8) is 0 Å². The summed E-state index contributed by atoms with van der Waals surface area (Å²) in [6, 6.07) is 19.2. The minimum absolute atomic E-state index is 0.155. The summed E-state index contributed by atoms with van der Waals surface area (Å²) in [5, 5.41) is 0.806. The molecule has 0 aliphatic rings. The molecule has 0 fully saturated rings. The lowest BCUT2D eigenvalue weighted by Crippen LogP contribution is -2.22. The van der Waals surface area contributed by atoms with Crippen LogP contribution in [0.3, 0.4) is 0 Å². The largest absolute Gasteiger partial charge is 0.268 e. The number of aromatic nitrogens is 2. The number of hydrogen-bond acceptors (Lipinski definition) is 3. The predicted octanol–water partition coefficient (Wildman–Crippen LogP) is 4.96. The smallest absolute Gasteiger partial charge is 0.266 e. The van der Waals surface area contributed by atoms with E-state index < -0.39 is 5.82 Å². The van der Waals surface area contributed by atoms with Crippen LogP contribution in [0.1, 0.15) is 5.56 Å². The maximum absolute atomic E-state index is 14.4. The second-order valence-corrected chi connectivity index (χ2v) is 6.86. The highest BCUT2D eigenvalue weighted by atomic mass is 32.2. The summed E-state index contributed by atoms with van der Waals surface area (Å²) < 4.78 is 28.8. The first-order chi connectivity index (χ1) is 13.1. The van der Waals surface area contributed by atoms with Gasteiger partial charge in [0.15, 0.2) is 5.16 Å². The number of para-hydroxylation sites is 2. The van der Waals surface area contributed by atoms with Gasteiger partial charge >= 0.3 is 0 Å². The van der Waals surface area contributed by atoms with Crippen LogP contribution in [0.25, 0.3) is 16.6 Å². The van der Waals surface area contributed by atoms with Gasteiger partial charge in [0, 0.05) is 5.75 Å². The highest BCUT2D eigenvalue weighted by Gasteiger charge is 2.15. The Morgan fingerprint density at radius 1 is 0.889 bits per heavy atom. The molecule has 0 unspecified atom stereocenters. The van der Waals surface area contributed by atoms with Crippen molar-refractivity contribution < 1.29 is 8.78 Å². The van der Waals surface area contributed by atoms with Crippen LogP contribution < -0.4 is 5.56 Å². The standard InChI is InChI=1S/C21H14F2N2OS/c22-15-11-9-14(10-12-15)13-27-21-24-18-7-3-1-5-16(18)20(26)25(21)19-8-4-2-6-17(19)23/h1-12H,13H2. The SMILES string of the molecule is O=c1c2ccccc2nc(SCc2ccc(F)cc2)n1-c1ccccc1F. The Morgan fingerprint density at radius 3 is 2.37 bits per heavy atom. The van der Waals surface area contributed by atoms with E-state index in [0.29, 0.717) is 21.8 Å². The van der Waals surface area contributed by atoms with Gasteiger partial charge in [-0.1, -0.05) is 48.2 Å². The van der Waals surface area contributed by atoms with E-state index in [9.17, 15) is 13.6 Å². The third kappa shape index (κ3) is 3.48. The Labute approximate surface area is 158 Å². The van der Waals surface area contributed by atoms with E-state index in [1.165, 1.54) is 34.5 Å². The predicted molar refractivity (Wildman–Crippen MR) is 103 cm³/mol. The Kier molecular flexibility index (Phi) is 4.73. The summed E-state index contributed by atoms with van der Waals surface area (Å²) in [5.74, 6) is -0.337. The highest BCUT2D eigenvalue weighted by Crippen LogP contribution is 2.25.